The third-order valence-corrected chi connectivity index (χ3v) is 11.6. The molecule has 4 aromatic carbocycles. The zero-order valence-electron chi connectivity index (χ0n) is 32.3. The molecule has 8 N–H and O–H groups in total. The van der Waals surface area contributed by atoms with Crippen LogP contribution in [0.25, 0.3) is 0 Å². The lowest BCUT2D eigenvalue weighted by atomic mass is 10.1. The molecule has 1 aromatic heterocycles. The van der Waals surface area contributed by atoms with E-state index in [1.54, 1.807) is 0 Å². The first kappa shape index (κ1) is 48.5. The smallest absolute Gasteiger partial charge is 0.341 e. The van der Waals surface area contributed by atoms with Crippen LogP contribution in [0.1, 0.15) is 11.1 Å². The minimum absolute atomic E-state index is 0.0305. The molecule has 0 amide bonds. The average molecular weight is 977 g/mol. The molecule has 0 fully saturated rings. The first-order valence-corrected chi connectivity index (χ1v) is 22.9. The number of carbonyl (C=O) groups is 2. The molecule has 0 saturated carbocycles. The number of nitrogens with one attached hydrogen (secondary N) is 2. The van der Waals surface area contributed by atoms with E-state index in [1.165, 1.54) is 31.2 Å². The van der Waals surface area contributed by atoms with E-state index in [1.807, 2.05) is 6.07 Å². The van der Waals surface area contributed by atoms with Gasteiger partial charge in [-0.15, -0.1) is 20.5 Å². The van der Waals surface area contributed by atoms with Crippen molar-refractivity contribution in [1.82, 2.24) is 4.98 Å². The van der Waals surface area contributed by atoms with E-state index in [9.17, 15) is 76.9 Å². The molecule has 0 atom stereocenters. The van der Waals surface area contributed by atoms with Gasteiger partial charge in [0.05, 0.1) is 20.2 Å². The van der Waals surface area contributed by atoms with Crippen LogP contribution in [0.15, 0.2) is 119 Å². The molecule has 5 aromatic rings. The topological polar surface area (TPSA) is 421 Å². The number of rotatable bonds is 18. The SMILES string of the molecule is Cc1c(C#N)c(Nc2ccc(S(=O)(=O)O)cc2)nc(Nc2ccc(S(=O)(=O)O)cc2)c1/N=N/c1cc(OCC(=O)O)c(/N=N/c2cc(S(=O)(=O)O)ccc2S(=O)(=O)O)cc1OCC(=O)O. The predicted octanol–water partition coefficient (Wildman–Crippen LogP) is 5.49. The van der Waals surface area contributed by atoms with E-state index in [0.29, 0.717) is 18.2 Å². The maximum absolute atomic E-state index is 12.1. The van der Waals surface area contributed by atoms with Gasteiger partial charge in [0.2, 0.25) is 0 Å². The summed E-state index contributed by atoms with van der Waals surface area (Å²) >= 11 is 0. The standard InChI is InChI=1S/C35H28N8O18S4/c1-18-24(15-36)34(37-19-2-6-21(7-3-19)62(48,49)50)39-35(38-20-4-8-22(9-5-20)63(51,52)53)33(18)43-41-26-14-28(60-16-31(44)45)25(13-29(26)61-17-32(46)47)40-42-27-12-23(64(54,55)56)10-11-30(27)65(57,58)59/h2-14H,16-17H2,1H3,(H,44,45)(H,46,47)(H2,37,38,39)(H,48,49,50)(H,51,52,53)(H,54,55,56)(H,57,58,59)/b42-40+,43-41+. The molecule has 0 bridgehead atoms. The van der Waals surface area contributed by atoms with Gasteiger partial charge in [-0.2, -0.15) is 38.9 Å². The molecule has 340 valence electrons. The number of hydrogen-bond acceptors (Lipinski definition) is 20. The molecular weight excluding hydrogens is 949 g/mol. The zero-order valence-corrected chi connectivity index (χ0v) is 35.6. The summed E-state index contributed by atoms with van der Waals surface area (Å²) in [5.74, 6) is -4.47. The molecule has 1 heterocycles. The Hall–Kier alpha value is -7.50. The Morgan fingerprint density at radius 1 is 0.600 bits per heavy atom. The van der Waals surface area contributed by atoms with E-state index in [0.717, 1.165) is 36.4 Å². The maximum Gasteiger partial charge on any atom is 0.341 e. The lowest BCUT2D eigenvalue weighted by molar-refractivity contribution is -0.140. The fourth-order valence-electron chi connectivity index (χ4n) is 5.20. The summed E-state index contributed by atoms with van der Waals surface area (Å²) in [6.45, 7) is -0.748. The summed E-state index contributed by atoms with van der Waals surface area (Å²) in [6, 6.07) is 14.6. The number of nitrogens with zero attached hydrogens (tertiary/aromatic N) is 6. The summed E-state index contributed by atoms with van der Waals surface area (Å²) in [4.78, 5) is 24.7. The van der Waals surface area contributed by atoms with Crippen LogP contribution in [0.2, 0.25) is 0 Å². The molecule has 65 heavy (non-hydrogen) atoms. The minimum Gasteiger partial charge on any atom is -0.479 e. The van der Waals surface area contributed by atoms with Crippen molar-refractivity contribution < 1.29 is 81.2 Å². The summed E-state index contributed by atoms with van der Waals surface area (Å²) in [7, 11) is -19.3. The maximum atomic E-state index is 12.1. The molecule has 0 saturated heterocycles. The van der Waals surface area contributed by atoms with E-state index in [-0.39, 0.29) is 39.8 Å². The fourth-order valence-corrected chi connectivity index (χ4v) is 7.26. The van der Waals surface area contributed by atoms with Gasteiger partial charge in [-0.05, 0) is 73.7 Å². The quantitative estimate of drug-likeness (QED) is 0.0397. The largest absolute Gasteiger partial charge is 0.479 e. The van der Waals surface area contributed by atoms with Gasteiger partial charge < -0.3 is 30.3 Å². The number of nitriles is 1. The Morgan fingerprint density at radius 3 is 1.43 bits per heavy atom. The van der Waals surface area contributed by atoms with Gasteiger partial charge in [0.25, 0.3) is 40.5 Å². The number of aliphatic carboxylic acids is 2. The second kappa shape index (κ2) is 19.1. The summed E-state index contributed by atoms with van der Waals surface area (Å²) in [5, 5.41) is 50.4. The van der Waals surface area contributed by atoms with Crippen LogP contribution in [0.4, 0.5) is 45.8 Å². The van der Waals surface area contributed by atoms with Crippen LogP contribution < -0.4 is 20.1 Å². The normalized spacial score (nSPS) is 12.2. The van der Waals surface area contributed by atoms with Gasteiger partial charge in [0, 0.05) is 29.1 Å². The first-order chi connectivity index (χ1) is 30.2. The van der Waals surface area contributed by atoms with Crippen molar-refractivity contribution in [2.75, 3.05) is 23.8 Å². The van der Waals surface area contributed by atoms with Crippen LogP contribution in [0, 0.1) is 18.3 Å². The highest BCUT2D eigenvalue weighted by Gasteiger charge is 2.23. The number of aromatic nitrogens is 1. The van der Waals surface area contributed by atoms with Gasteiger partial charge >= 0.3 is 11.9 Å². The number of ether oxygens (including phenoxy) is 2. The Bertz CT molecular complexity index is 3290. The van der Waals surface area contributed by atoms with Gasteiger partial charge in [0.15, 0.2) is 24.8 Å². The number of carboxylic acids is 2. The Balaban J connectivity index is 1.70. The predicted molar refractivity (Wildman–Crippen MR) is 220 cm³/mol. The molecule has 0 radical (unpaired) electrons. The zero-order chi connectivity index (χ0) is 48.1. The van der Waals surface area contributed by atoms with Crippen molar-refractivity contribution in [1.29, 1.82) is 5.26 Å². The summed E-state index contributed by atoms with van der Waals surface area (Å²) < 4.78 is 143. The lowest BCUT2D eigenvalue weighted by Gasteiger charge is -2.16. The first-order valence-electron chi connectivity index (χ1n) is 17.2. The monoisotopic (exact) mass is 976 g/mol. The van der Waals surface area contributed by atoms with E-state index in [2.05, 4.69) is 36.1 Å². The van der Waals surface area contributed by atoms with Gasteiger partial charge in [-0.3, -0.25) is 18.2 Å². The van der Waals surface area contributed by atoms with Crippen molar-refractivity contribution in [3.63, 3.8) is 0 Å². The molecule has 0 spiro atoms. The van der Waals surface area contributed by atoms with Crippen LogP contribution in [-0.2, 0) is 50.1 Å². The highest BCUT2D eigenvalue weighted by atomic mass is 32.2. The Labute approximate surface area is 366 Å². The number of carboxylic acid groups (broad SMARTS) is 2. The second-order valence-electron chi connectivity index (χ2n) is 12.7. The summed E-state index contributed by atoms with van der Waals surface area (Å²) in [6.07, 6.45) is 0. The third kappa shape index (κ3) is 12.6. The number of anilines is 4. The molecule has 0 unspecified atom stereocenters. The fraction of sp³-hybridized carbons (Fsp3) is 0.0857. The van der Waals surface area contributed by atoms with E-state index in [4.69, 9.17) is 9.47 Å². The molecule has 0 aliphatic rings. The number of pyridine rings is 1. The Morgan fingerprint density at radius 2 is 1.02 bits per heavy atom. The van der Waals surface area contributed by atoms with Gasteiger partial charge in [0.1, 0.15) is 45.2 Å². The summed E-state index contributed by atoms with van der Waals surface area (Å²) in [5.41, 5.74) is -1.92. The number of azo groups is 2. The second-order valence-corrected chi connectivity index (χ2v) is 18.3. The lowest BCUT2D eigenvalue weighted by Crippen LogP contribution is -2.11. The van der Waals surface area contributed by atoms with Crippen LogP contribution in [0.3, 0.4) is 0 Å². The molecule has 0 aliphatic carbocycles. The molecule has 5 rings (SSSR count). The van der Waals surface area contributed by atoms with Crippen LogP contribution in [0.5, 0.6) is 11.5 Å². The van der Waals surface area contributed by atoms with Crippen molar-refractivity contribution in [3.8, 4) is 17.6 Å². The van der Waals surface area contributed by atoms with Crippen LogP contribution >= 0.6 is 0 Å². The number of hydrogen-bond donors (Lipinski definition) is 8. The molecule has 26 nitrogen and oxygen atoms in total. The molecule has 30 heteroatoms. The Kier molecular flexibility index (Phi) is 14.2. The van der Waals surface area contributed by atoms with Gasteiger partial charge in [-0.25, -0.2) is 14.6 Å². The molecular formula is C35H28N8O18S4. The minimum atomic E-state index is -5.12. The van der Waals surface area contributed by atoms with Crippen molar-refractivity contribution in [3.05, 3.63) is 90.0 Å². The third-order valence-electron chi connectivity index (χ3n) is 8.13. The van der Waals surface area contributed by atoms with Crippen molar-refractivity contribution >= 4 is 98.2 Å². The highest BCUT2D eigenvalue weighted by molar-refractivity contribution is 7.86. The van der Waals surface area contributed by atoms with Crippen molar-refractivity contribution in [2.24, 2.45) is 20.5 Å². The van der Waals surface area contributed by atoms with E-state index >= 15 is 0 Å². The molecule has 0 aliphatic heterocycles. The van der Waals surface area contributed by atoms with Crippen LogP contribution in [-0.4, -0.2) is 92.2 Å². The van der Waals surface area contributed by atoms with E-state index < -0.39 is 114 Å². The number of benzene rings is 4. The average Bonchev–Trinajstić information content (AvgIpc) is 3.20. The highest BCUT2D eigenvalue weighted by Crippen LogP contribution is 2.44. The van der Waals surface area contributed by atoms with Gasteiger partial charge in [-0.1, -0.05) is 0 Å². The van der Waals surface area contributed by atoms with Crippen molar-refractivity contribution in [2.45, 2.75) is 26.5 Å².